The SMILES string of the molecule is OC1CN(CCOc2ccccc2Cl)C1. The van der Waals surface area contributed by atoms with E-state index in [1.54, 1.807) is 0 Å². The largest absolute Gasteiger partial charge is 0.491 e. The Morgan fingerprint density at radius 2 is 2.13 bits per heavy atom. The molecule has 1 aromatic carbocycles. The molecule has 82 valence electrons. The van der Waals surface area contributed by atoms with E-state index in [1.807, 2.05) is 24.3 Å². The topological polar surface area (TPSA) is 32.7 Å². The molecule has 1 aliphatic rings. The van der Waals surface area contributed by atoms with Gasteiger partial charge in [-0.3, -0.25) is 4.90 Å². The van der Waals surface area contributed by atoms with Gasteiger partial charge in [0, 0.05) is 19.6 Å². The molecule has 4 heteroatoms. The number of hydrogen-bond donors (Lipinski definition) is 1. The Balaban J connectivity index is 1.72. The van der Waals surface area contributed by atoms with Crippen LogP contribution in [0, 0.1) is 0 Å². The molecule has 2 rings (SSSR count). The zero-order valence-electron chi connectivity index (χ0n) is 8.40. The van der Waals surface area contributed by atoms with Crippen molar-refractivity contribution in [1.82, 2.24) is 4.90 Å². The van der Waals surface area contributed by atoms with Crippen molar-refractivity contribution < 1.29 is 9.84 Å². The van der Waals surface area contributed by atoms with E-state index in [9.17, 15) is 0 Å². The molecule has 1 heterocycles. The first-order chi connectivity index (χ1) is 7.25. The van der Waals surface area contributed by atoms with E-state index in [1.165, 1.54) is 0 Å². The molecule has 1 aliphatic heterocycles. The highest BCUT2D eigenvalue weighted by Gasteiger charge is 2.23. The molecule has 1 fully saturated rings. The summed E-state index contributed by atoms with van der Waals surface area (Å²) in [5, 5.41) is 9.72. The number of para-hydroxylation sites is 1. The second-order valence-electron chi connectivity index (χ2n) is 3.69. The number of likely N-dealkylation sites (tertiary alicyclic amines) is 1. The molecule has 0 radical (unpaired) electrons. The van der Waals surface area contributed by atoms with Crippen molar-refractivity contribution in [3.8, 4) is 5.75 Å². The van der Waals surface area contributed by atoms with Crippen LogP contribution >= 0.6 is 11.6 Å². The molecule has 0 bridgehead atoms. The molecular formula is C11H14ClNO2. The monoisotopic (exact) mass is 227 g/mol. The summed E-state index contributed by atoms with van der Waals surface area (Å²) in [5.41, 5.74) is 0. The Kier molecular flexibility index (Phi) is 3.46. The highest BCUT2D eigenvalue weighted by atomic mass is 35.5. The van der Waals surface area contributed by atoms with E-state index < -0.39 is 0 Å². The Labute approximate surface area is 94.2 Å². The summed E-state index contributed by atoms with van der Waals surface area (Å²) >= 11 is 5.93. The molecule has 0 unspecified atom stereocenters. The minimum atomic E-state index is -0.148. The summed E-state index contributed by atoms with van der Waals surface area (Å²) < 4.78 is 5.52. The van der Waals surface area contributed by atoms with Gasteiger partial charge >= 0.3 is 0 Å². The summed E-state index contributed by atoms with van der Waals surface area (Å²) in [7, 11) is 0. The lowest BCUT2D eigenvalue weighted by Gasteiger charge is -2.35. The van der Waals surface area contributed by atoms with Gasteiger partial charge in [-0.25, -0.2) is 0 Å². The van der Waals surface area contributed by atoms with Gasteiger partial charge in [-0.2, -0.15) is 0 Å². The molecule has 0 amide bonds. The predicted octanol–water partition coefficient (Wildman–Crippen LogP) is 1.40. The number of hydrogen-bond acceptors (Lipinski definition) is 3. The van der Waals surface area contributed by atoms with Crippen LogP contribution in [0.2, 0.25) is 5.02 Å². The lowest BCUT2D eigenvalue weighted by atomic mass is 10.2. The number of aliphatic hydroxyl groups is 1. The number of aliphatic hydroxyl groups excluding tert-OH is 1. The van der Waals surface area contributed by atoms with Crippen LogP contribution in [0.1, 0.15) is 0 Å². The van der Waals surface area contributed by atoms with E-state index >= 15 is 0 Å². The molecule has 0 aromatic heterocycles. The first kappa shape index (κ1) is 10.7. The summed E-state index contributed by atoms with van der Waals surface area (Å²) in [6, 6.07) is 7.44. The van der Waals surface area contributed by atoms with E-state index in [-0.39, 0.29) is 6.10 Å². The smallest absolute Gasteiger partial charge is 0.137 e. The van der Waals surface area contributed by atoms with Gasteiger partial charge in [0.2, 0.25) is 0 Å². The summed E-state index contributed by atoms with van der Waals surface area (Å²) in [6.45, 7) is 2.95. The third-order valence-corrected chi connectivity index (χ3v) is 2.75. The number of ether oxygens (including phenoxy) is 1. The van der Waals surface area contributed by atoms with Gasteiger partial charge in [0.05, 0.1) is 11.1 Å². The molecule has 0 aliphatic carbocycles. The summed E-state index contributed by atoms with van der Waals surface area (Å²) in [5.74, 6) is 0.722. The lowest BCUT2D eigenvalue weighted by molar-refractivity contribution is -0.00386. The molecule has 3 nitrogen and oxygen atoms in total. The van der Waals surface area contributed by atoms with Crippen LogP contribution in [-0.4, -0.2) is 42.4 Å². The first-order valence-electron chi connectivity index (χ1n) is 5.03. The number of rotatable bonds is 4. The maximum atomic E-state index is 9.08. The van der Waals surface area contributed by atoms with Crippen molar-refractivity contribution in [3.63, 3.8) is 0 Å². The molecule has 1 saturated heterocycles. The first-order valence-corrected chi connectivity index (χ1v) is 5.41. The standard InChI is InChI=1S/C11H14ClNO2/c12-10-3-1-2-4-11(10)15-6-5-13-7-9(14)8-13/h1-4,9,14H,5-8H2. The molecule has 15 heavy (non-hydrogen) atoms. The molecule has 1 N–H and O–H groups in total. The Hall–Kier alpha value is -0.770. The van der Waals surface area contributed by atoms with Crippen molar-refractivity contribution in [2.75, 3.05) is 26.2 Å². The van der Waals surface area contributed by atoms with Crippen LogP contribution in [0.15, 0.2) is 24.3 Å². The van der Waals surface area contributed by atoms with Crippen LogP contribution in [0.25, 0.3) is 0 Å². The van der Waals surface area contributed by atoms with Crippen LogP contribution < -0.4 is 4.74 Å². The predicted molar refractivity (Wildman–Crippen MR) is 59.4 cm³/mol. The Morgan fingerprint density at radius 1 is 1.40 bits per heavy atom. The van der Waals surface area contributed by atoms with Gasteiger partial charge in [0.1, 0.15) is 12.4 Å². The average molecular weight is 228 g/mol. The van der Waals surface area contributed by atoms with E-state index in [0.717, 1.165) is 25.4 Å². The van der Waals surface area contributed by atoms with Crippen LogP contribution in [-0.2, 0) is 0 Å². The number of nitrogens with zero attached hydrogens (tertiary/aromatic N) is 1. The molecular weight excluding hydrogens is 214 g/mol. The highest BCUT2D eigenvalue weighted by Crippen LogP contribution is 2.23. The van der Waals surface area contributed by atoms with Crippen LogP contribution in [0.3, 0.4) is 0 Å². The minimum Gasteiger partial charge on any atom is -0.491 e. The third-order valence-electron chi connectivity index (χ3n) is 2.44. The van der Waals surface area contributed by atoms with Gasteiger partial charge in [0.15, 0.2) is 0 Å². The molecule has 0 saturated carbocycles. The van der Waals surface area contributed by atoms with Crippen LogP contribution in [0.4, 0.5) is 0 Å². The summed E-state index contributed by atoms with van der Waals surface area (Å²) in [4.78, 5) is 2.14. The van der Waals surface area contributed by atoms with Gasteiger partial charge < -0.3 is 9.84 Å². The second-order valence-corrected chi connectivity index (χ2v) is 4.10. The number of halogens is 1. The zero-order valence-corrected chi connectivity index (χ0v) is 9.15. The fraction of sp³-hybridized carbons (Fsp3) is 0.455. The van der Waals surface area contributed by atoms with E-state index in [2.05, 4.69) is 4.90 Å². The second kappa shape index (κ2) is 4.84. The maximum absolute atomic E-state index is 9.08. The molecule has 0 atom stereocenters. The fourth-order valence-electron chi connectivity index (χ4n) is 1.57. The van der Waals surface area contributed by atoms with Crippen molar-refractivity contribution in [1.29, 1.82) is 0 Å². The van der Waals surface area contributed by atoms with Crippen molar-refractivity contribution in [3.05, 3.63) is 29.3 Å². The van der Waals surface area contributed by atoms with E-state index in [0.29, 0.717) is 11.6 Å². The third kappa shape index (κ3) is 2.84. The molecule has 1 aromatic rings. The maximum Gasteiger partial charge on any atom is 0.137 e. The Bertz CT molecular complexity index is 326. The van der Waals surface area contributed by atoms with Gasteiger partial charge in [-0.15, -0.1) is 0 Å². The molecule has 0 spiro atoms. The fourth-order valence-corrected chi connectivity index (χ4v) is 1.76. The highest BCUT2D eigenvalue weighted by molar-refractivity contribution is 6.32. The van der Waals surface area contributed by atoms with Gasteiger partial charge in [-0.05, 0) is 12.1 Å². The van der Waals surface area contributed by atoms with Crippen molar-refractivity contribution in [2.24, 2.45) is 0 Å². The van der Waals surface area contributed by atoms with Gasteiger partial charge in [-0.1, -0.05) is 23.7 Å². The number of β-amino-alcohol motifs (C(OH)–C–C–N with tert-alkyl or cyclic N) is 1. The Morgan fingerprint density at radius 3 is 2.80 bits per heavy atom. The van der Waals surface area contributed by atoms with E-state index in [4.69, 9.17) is 21.4 Å². The quantitative estimate of drug-likeness (QED) is 0.844. The zero-order chi connectivity index (χ0) is 10.7. The lowest BCUT2D eigenvalue weighted by Crippen LogP contribution is -2.51. The van der Waals surface area contributed by atoms with Crippen LogP contribution in [0.5, 0.6) is 5.75 Å². The average Bonchev–Trinajstić information content (AvgIpc) is 2.18. The number of benzene rings is 1. The van der Waals surface area contributed by atoms with Gasteiger partial charge in [0.25, 0.3) is 0 Å². The normalized spacial score (nSPS) is 17.5. The minimum absolute atomic E-state index is 0.148. The summed E-state index contributed by atoms with van der Waals surface area (Å²) in [6.07, 6.45) is -0.148. The van der Waals surface area contributed by atoms with Crippen molar-refractivity contribution >= 4 is 11.6 Å². The van der Waals surface area contributed by atoms with Crippen molar-refractivity contribution in [2.45, 2.75) is 6.10 Å².